The first-order valence-electron chi connectivity index (χ1n) is 10.5. The van der Waals surface area contributed by atoms with Crippen LogP contribution in [0, 0.1) is 5.82 Å². The van der Waals surface area contributed by atoms with E-state index in [9.17, 15) is 4.39 Å². The van der Waals surface area contributed by atoms with E-state index < -0.39 is 0 Å². The van der Waals surface area contributed by atoms with Gasteiger partial charge in [0.05, 0.1) is 0 Å². The zero-order valence-corrected chi connectivity index (χ0v) is 16.4. The predicted octanol–water partition coefficient (Wildman–Crippen LogP) is 4.69. The molecule has 1 aromatic carbocycles. The van der Waals surface area contributed by atoms with E-state index in [0.29, 0.717) is 0 Å². The van der Waals surface area contributed by atoms with E-state index >= 15 is 0 Å². The first-order valence-corrected chi connectivity index (χ1v) is 10.5. The average Bonchev–Trinajstić information content (AvgIpc) is 2.68. The summed E-state index contributed by atoms with van der Waals surface area (Å²) in [4.78, 5) is 10.0. The second kappa shape index (κ2) is 8.39. The molecular formula is C23H30FN3. The highest BCUT2D eigenvalue weighted by atomic mass is 19.1. The Kier molecular flexibility index (Phi) is 5.72. The summed E-state index contributed by atoms with van der Waals surface area (Å²) in [5.74, 6) is 0.909. The quantitative estimate of drug-likeness (QED) is 0.785. The number of aryl methyl sites for hydroxylation is 1. The van der Waals surface area contributed by atoms with E-state index in [1.54, 1.807) is 6.07 Å². The van der Waals surface area contributed by atoms with Gasteiger partial charge in [0.1, 0.15) is 11.6 Å². The van der Waals surface area contributed by atoms with Crippen LogP contribution in [0.2, 0.25) is 0 Å². The fraction of sp³-hybridized carbons (Fsp3) is 0.522. The van der Waals surface area contributed by atoms with Crippen LogP contribution in [-0.2, 0) is 12.8 Å². The molecule has 2 heterocycles. The Morgan fingerprint density at radius 2 is 1.74 bits per heavy atom. The maximum atomic E-state index is 13.9. The van der Waals surface area contributed by atoms with Gasteiger partial charge in [-0.25, -0.2) is 9.37 Å². The van der Waals surface area contributed by atoms with Gasteiger partial charge in [0.15, 0.2) is 0 Å². The van der Waals surface area contributed by atoms with Crippen molar-refractivity contribution in [3.63, 3.8) is 0 Å². The number of fused-ring (bicyclic) bond motifs is 1. The predicted molar refractivity (Wildman–Crippen MR) is 110 cm³/mol. The molecule has 0 atom stereocenters. The van der Waals surface area contributed by atoms with Crippen LogP contribution in [0.1, 0.15) is 43.9 Å². The molecule has 1 saturated heterocycles. The number of piperazine rings is 1. The molecule has 1 fully saturated rings. The fourth-order valence-corrected chi connectivity index (χ4v) is 4.41. The highest BCUT2D eigenvalue weighted by Crippen LogP contribution is 2.33. The summed E-state index contributed by atoms with van der Waals surface area (Å²) < 4.78 is 13.9. The Labute approximate surface area is 162 Å². The van der Waals surface area contributed by atoms with Gasteiger partial charge in [-0.1, -0.05) is 31.9 Å². The van der Waals surface area contributed by atoms with Gasteiger partial charge >= 0.3 is 0 Å². The third-order valence-electron chi connectivity index (χ3n) is 6.07. The van der Waals surface area contributed by atoms with Crippen molar-refractivity contribution in [3.05, 3.63) is 47.4 Å². The van der Waals surface area contributed by atoms with Crippen LogP contribution in [0.15, 0.2) is 30.3 Å². The van der Waals surface area contributed by atoms with Crippen molar-refractivity contribution in [2.45, 2.75) is 45.4 Å². The van der Waals surface area contributed by atoms with Crippen molar-refractivity contribution >= 4 is 5.82 Å². The number of anilines is 1. The molecule has 0 amide bonds. The minimum absolute atomic E-state index is 0.165. The van der Waals surface area contributed by atoms with E-state index in [-0.39, 0.29) is 5.82 Å². The fourth-order valence-electron chi connectivity index (χ4n) is 4.41. The van der Waals surface area contributed by atoms with E-state index in [0.717, 1.165) is 56.9 Å². The summed E-state index contributed by atoms with van der Waals surface area (Å²) in [6.45, 7) is 7.54. The summed E-state index contributed by atoms with van der Waals surface area (Å²) in [5, 5.41) is 0. The smallest absolute Gasteiger partial charge is 0.129 e. The van der Waals surface area contributed by atoms with Gasteiger partial charge in [0, 0.05) is 31.9 Å². The van der Waals surface area contributed by atoms with Crippen LogP contribution in [0.4, 0.5) is 10.2 Å². The molecule has 0 N–H and O–H groups in total. The standard InChI is InChI=1S/C23H30FN3/c1-2-26-12-14-27(15-13-26)23-17-21(18-8-7-9-19(24)16-18)20-10-5-3-4-6-11-22(20)25-23/h7-9,16-17H,2-6,10-15H2,1H3. The van der Waals surface area contributed by atoms with Crippen LogP contribution in [0.5, 0.6) is 0 Å². The van der Waals surface area contributed by atoms with Crippen LogP contribution in [0.3, 0.4) is 0 Å². The molecule has 0 spiro atoms. The second-order valence-corrected chi connectivity index (χ2v) is 7.80. The molecule has 4 rings (SSSR count). The Morgan fingerprint density at radius 1 is 0.963 bits per heavy atom. The Hall–Kier alpha value is -1.94. The van der Waals surface area contributed by atoms with Gasteiger partial charge in [-0.15, -0.1) is 0 Å². The molecule has 0 bridgehead atoms. The third kappa shape index (κ3) is 4.16. The number of nitrogens with zero attached hydrogens (tertiary/aromatic N) is 3. The van der Waals surface area contributed by atoms with E-state index in [2.05, 4.69) is 22.8 Å². The first kappa shape index (κ1) is 18.4. The number of hydrogen-bond donors (Lipinski definition) is 0. The number of likely N-dealkylation sites (N-methyl/N-ethyl adjacent to an activating group) is 1. The van der Waals surface area contributed by atoms with E-state index in [1.807, 2.05) is 12.1 Å². The van der Waals surface area contributed by atoms with Crippen molar-refractivity contribution < 1.29 is 4.39 Å². The Morgan fingerprint density at radius 3 is 2.48 bits per heavy atom. The molecule has 2 aromatic rings. The molecule has 1 aliphatic heterocycles. The molecule has 3 nitrogen and oxygen atoms in total. The van der Waals surface area contributed by atoms with Crippen LogP contribution >= 0.6 is 0 Å². The minimum Gasteiger partial charge on any atom is -0.354 e. The van der Waals surface area contributed by atoms with Gasteiger partial charge in [-0.05, 0) is 67.1 Å². The van der Waals surface area contributed by atoms with Gasteiger partial charge < -0.3 is 9.80 Å². The Bertz CT molecular complexity index is 781. The van der Waals surface area contributed by atoms with Crippen LogP contribution in [-0.4, -0.2) is 42.6 Å². The van der Waals surface area contributed by atoms with Crippen molar-refractivity contribution in [2.24, 2.45) is 0 Å². The van der Waals surface area contributed by atoms with E-state index in [4.69, 9.17) is 4.98 Å². The molecule has 2 aliphatic rings. The molecular weight excluding hydrogens is 337 g/mol. The monoisotopic (exact) mass is 367 g/mol. The number of halogens is 1. The summed E-state index contributed by atoms with van der Waals surface area (Å²) in [6, 6.07) is 9.28. The summed E-state index contributed by atoms with van der Waals surface area (Å²) in [6.07, 6.45) is 7.07. The molecule has 1 aliphatic carbocycles. The zero-order chi connectivity index (χ0) is 18.6. The van der Waals surface area contributed by atoms with Gasteiger partial charge in [0.25, 0.3) is 0 Å². The van der Waals surface area contributed by atoms with Crippen molar-refractivity contribution in [3.8, 4) is 11.1 Å². The zero-order valence-electron chi connectivity index (χ0n) is 16.4. The number of hydrogen-bond acceptors (Lipinski definition) is 3. The summed E-state index contributed by atoms with van der Waals surface area (Å²) in [5.41, 5.74) is 4.76. The number of pyridine rings is 1. The minimum atomic E-state index is -0.165. The van der Waals surface area contributed by atoms with E-state index in [1.165, 1.54) is 48.6 Å². The lowest BCUT2D eigenvalue weighted by Crippen LogP contribution is -2.46. The lowest BCUT2D eigenvalue weighted by molar-refractivity contribution is 0.270. The second-order valence-electron chi connectivity index (χ2n) is 7.80. The lowest BCUT2D eigenvalue weighted by atomic mass is 9.90. The summed E-state index contributed by atoms with van der Waals surface area (Å²) in [7, 11) is 0. The van der Waals surface area contributed by atoms with Crippen LogP contribution in [0.25, 0.3) is 11.1 Å². The van der Waals surface area contributed by atoms with Crippen molar-refractivity contribution in [1.82, 2.24) is 9.88 Å². The molecule has 0 saturated carbocycles. The number of benzene rings is 1. The molecule has 4 heteroatoms. The van der Waals surface area contributed by atoms with Gasteiger partial charge in [0.2, 0.25) is 0 Å². The molecule has 27 heavy (non-hydrogen) atoms. The maximum absolute atomic E-state index is 13.9. The SMILES string of the molecule is CCN1CCN(c2cc(-c3cccc(F)c3)c3c(n2)CCCCCC3)CC1. The number of rotatable bonds is 3. The van der Waals surface area contributed by atoms with Gasteiger partial charge in [-0.3, -0.25) is 0 Å². The highest BCUT2D eigenvalue weighted by Gasteiger charge is 2.21. The van der Waals surface area contributed by atoms with Crippen molar-refractivity contribution in [2.75, 3.05) is 37.6 Å². The topological polar surface area (TPSA) is 19.4 Å². The molecule has 1 aromatic heterocycles. The average molecular weight is 368 g/mol. The normalized spacial score (nSPS) is 18.7. The molecule has 0 unspecified atom stereocenters. The van der Waals surface area contributed by atoms with Crippen molar-refractivity contribution in [1.29, 1.82) is 0 Å². The maximum Gasteiger partial charge on any atom is 0.129 e. The van der Waals surface area contributed by atoms with Crippen LogP contribution < -0.4 is 4.90 Å². The highest BCUT2D eigenvalue weighted by molar-refractivity contribution is 5.72. The largest absolute Gasteiger partial charge is 0.354 e. The molecule has 0 radical (unpaired) electrons. The lowest BCUT2D eigenvalue weighted by Gasteiger charge is -2.35. The molecule has 144 valence electrons. The Balaban J connectivity index is 1.74. The number of aromatic nitrogens is 1. The first-order chi connectivity index (χ1) is 13.2. The summed E-state index contributed by atoms with van der Waals surface area (Å²) >= 11 is 0. The third-order valence-corrected chi connectivity index (χ3v) is 6.07. The van der Waals surface area contributed by atoms with Gasteiger partial charge in [-0.2, -0.15) is 0 Å².